The predicted octanol–water partition coefficient (Wildman–Crippen LogP) is 2.15. The molecule has 1 spiro atoms. The second kappa shape index (κ2) is 7.78. The summed E-state index contributed by atoms with van der Waals surface area (Å²) in [5, 5.41) is 16.7. The van der Waals surface area contributed by atoms with Crippen molar-refractivity contribution in [2.24, 2.45) is 5.41 Å². The number of amides is 1. The van der Waals surface area contributed by atoms with Crippen molar-refractivity contribution in [3.8, 4) is 0 Å². The Balaban J connectivity index is 1.61. The average molecular weight is 362 g/mol. The summed E-state index contributed by atoms with van der Waals surface area (Å²) in [6.45, 7) is 7.21. The van der Waals surface area contributed by atoms with Crippen molar-refractivity contribution >= 4 is 11.9 Å². The highest BCUT2D eigenvalue weighted by Crippen LogP contribution is 2.43. The molecule has 144 valence electrons. The zero-order chi connectivity index (χ0) is 18.7. The Labute approximate surface area is 154 Å². The Bertz CT molecular complexity index is 649. The molecular weight excluding hydrogens is 332 g/mol. The second-order valence-electron chi connectivity index (χ2n) is 7.85. The van der Waals surface area contributed by atoms with Crippen molar-refractivity contribution in [3.63, 3.8) is 0 Å². The summed E-state index contributed by atoms with van der Waals surface area (Å²) < 4.78 is 0. The van der Waals surface area contributed by atoms with Crippen LogP contribution in [0.4, 0.5) is 0 Å². The molecule has 26 heavy (non-hydrogen) atoms. The molecule has 1 aromatic rings. The van der Waals surface area contributed by atoms with Gasteiger partial charge in [-0.15, -0.1) is 0 Å². The molecule has 1 atom stereocenters. The highest BCUT2D eigenvalue weighted by molar-refractivity contribution is 5.92. The highest BCUT2D eigenvalue weighted by atomic mass is 16.4. The summed E-state index contributed by atoms with van der Waals surface area (Å²) in [4.78, 5) is 28.3. The lowest BCUT2D eigenvalue weighted by Gasteiger charge is -2.39. The number of aromatic amines is 1. The number of H-pyrrole nitrogens is 1. The van der Waals surface area contributed by atoms with Crippen LogP contribution in [0.2, 0.25) is 0 Å². The summed E-state index contributed by atoms with van der Waals surface area (Å²) in [7, 11) is 0. The topological polar surface area (TPSA) is 89.5 Å². The van der Waals surface area contributed by atoms with Gasteiger partial charge in [-0.25, -0.2) is 0 Å². The number of aliphatic carboxylic acids is 1. The number of hydrogen-bond acceptors (Lipinski definition) is 4. The van der Waals surface area contributed by atoms with Crippen LogP contribution in [0.3, 0.4) is 0 Å². The molecule has 0 aliphatic carbocycles. The van der Waals surface area contributed by atoms with Crippen LogP contribution in [0.15, 0.2) is 6.07 Å². The van der Waals surface area contributed by atoms with Crippen molar-refractivity contribution in [1.82, 2.24) is 20.0 Å². The number of hydrogen-bond donors (Lipinski definition) is 2. The van der Waals surface area contributed by atoms with E-state index >= 15 is 0 Å². The normalized spacial score (nSPS) is 22.8. The van der Waals surface area contributed by atoms with Crippen LogP contribution in [0.1, 0.15) is 62.1 Å². The van der Waals surface area contributed by atoms with Gasteiger partial charge in [0.25, 0.3) is 5.91 Å². The minimum atomic E-state index is -0.714. The third-order valence-corrected chi connectivity index (χ3v) is 5.88. The molecule has 7 heteroatoms. The maximum Gasteiger partial charge on any atom is 0.320 e. The van der Waals surface area contributed by atoms with Gasteiger partial charge in [0, 0.05) is 25.3 Å². The third-order valence-electron chi connectivity index (χ3n) is 5.88. The number of carbonyl (C=O) groups excluding carboxylic acids is 1. The van der Waals surface area contributed by atoms with Gasteiger partial charge in [0.1, 0.15) is 11.7 Å². The highest BCUT2D eigenvalue weighted by Gasteiger charge is 2.48. The molecule has 0 unspecified atom stereocenters. The lowest BCUT2D eigenvalue weighted by Crippen LogP contribution is -2.44. The average Bonchev–Trinajstić information content (AvgIpc) is 3.21. The van der Waals surface area contributed by atoms with Crippen LogP contribution in [-0.2, 0) is 11.2 Å². The van der Waals surface area contributed by atoms with E-state index < -0.39 is 5.97 Å². The summed E-state index contributed by atoms with van der Waals surface area (Å²) in [5.74, 6) is -0.731. The molecule has 2 N–H and O–H groups in total. The number of aryl methyl sites for hydroxylation is 1. The van der Waals surface area contributed by atoms with Crippen LogP contribution in [0.5, 0.6) is 0 Å². The molecule has 2 aliphatic rings. The van der Waals surface area contributed by atoms with Crippen LogP contribution in [0, 0.1) is 5.41 Å². The number of aromatic nitrogens is 2. The Morgan fingerprint density at radius 3 is 2.65 bits per heavy atom. The van der Waals surface area contributed by atoms with E-state index in [0.29, 0.717) is 25.2 Å². The zero-order valence-corrected chi connectivity index (χ0v) is 15.8. The predicted molar refractivity (Wildman–Crippen MR) is 98.1 cm³/mol. The standard InChI is InChI=1S/C19H30N4O3/c1-3-5-14-11-15(21-20-14)17(24)22-9-6-19(7-10-22)12-16(18(25)26)23(13-19)8-4-2/h11,16H,3-10,12-13H2,1-2H3,(H,20,21)(H,25,26)/t16-/m1/s1. The van der Waals surface area contributed by atoms with Crippen molar-refractivity contribution in [2.75, 3.05) is 26.2 Å². The Morgan fingerprint density at radius 1 is 1.31 bits per heavy atom. The number of carbonyl (C=O) groups is 2. The number of likely N-dealkylation sites (tertiary alicyclic amines) is 2. The summed E-state index contributed by atoms with van der Waals surface area (Å²) in [6.07, 6.45) is 5.31. The maximum absolute atomic E-state index is 12.7. The molecule has 1 amide bonds. The van der Waals surface area contributed by atoms with E-state index in [-0.39, 0.29) is 17.4 Å². The van der Waals surface area contributed by atoms with Crippen LogP contribution < -0.4 is 0 Å². The van der Waals surface area contributed by atoms with Gasteiger partial charge in [-0.3, -0.25) is 19.6 Å². The van der Waals surface area contributed by atoms with E-state index in [9.17, 15) is 14.7 Å². The van der Waals surface area contributed by atoms with E-state index in [1.54, 1.807) is 0 Å². The molecule has 2 saturated heterocycles. The van der Waals surface area contributed by atoms with E-state index in [1.807, 2.05) is 11.0 Å². The van der Waals surface area contributed by atoms with Gasteiger partial charge in [-0.2, -0.15) is 5.10 Å². The molecule has 2 aliphatic heterocycles. The summed E-state index contributed by atoms with van der Waals surface area (Å²) >= 11 is 0. The van der Waals surface area contributed by atoms with Gasteiger partial charge >= 0.3 is 5.97 Å². The fraction of sp³-hybridized carbons (Fsp3) is 0.737. The Kier molecular flexibility index (Phi) is 5.65. The zero-order valence-electron chi connectivity index (χ0n) is 15.8. The van der Waals surface area contributed by atoms with Gasteiger partial charge in [-0.1, -0.05) is 20.3 Å². The number of rotatable bonds is 6. The number of nitrogens with one attached hydrogen (secondary N) is 1. The van der Waals surface area contributed by atoms with Crippen LogP contribution >= 0.6 is 0 Å². The smallest absolute Gasteiger partial charge is 0.320 e. The Morgan fingerprint density at radius 2 is 2.04 bits per heavy atom. The fourth-order valence-corrected chi connectivity index (χ4v) is 4.49. The molecule has 2 fully saturated rings. The molecule has 3 heterocycles. The fourth-order valence-electron chi connectivity index (χ4n) is 4.49. The van der Waals surface area contributed by atoms with E-state index in [2.05, 4.69) is 28.9 Å². The number of carboxylic acids is 1. The largest absolute Gasteiger partial charge is 0.480 e. The van der Waals surface area contributed by atoms with Gasteiger partial charge < -0.3 is 10.0 Å². The molecule has 0 saturated carbocycles. The second-order valence-corrected chi connectivity index (χ2v) is 7.85. The molecule has 7 nitrogen and oxygen atoms in total. The van der Waals surface area contributed by atoms with Gasteiger partial charge in [0.2, 0.25) is 0 Å². The van der Waals surface area contributed by atoms with Crippen molar-refractivity contribution in [3.05, 3.63) is 17.5 Å². The van der Waals surface area contributed by atoms with E-state index in [1.165, 1.54) is 0 Å². The van der Waals surface area contributed by atoms with Crippen molar-refractivity contribution < 1.29 is 14.7 Å². The van der Waals surface area contributed by atoms with Crippen molar-refractivity contribution in [1.29, 1.82) is 0 Å². The molecule has 0 radical (unpaired) electrons. The first-order valence-corrected chi connectivity index (χ1v) is 9.78. The summed E-state index contributed by atoms with van der Waals surface area (Å²) in [6, 6.07) is 1.48. The molecule has 0 bridgehead atoms. The monoisotopic (exact) mass is 362 g/mol. The minimum absolute atomic E-state index is 0.0170. The first kappa shape index (κ1) is 18.9. The minimum Gasteiger partial charge on any atom is -0.480 e. The first-order valence-electron chi connectivity index (χ1n) is 9.78. The van der Waals surface area contributed by atoms with E-state index in [0.717, 1.165) is 50.9 Å². The molecular formula is C19H30N4O3. The van der Waals surface area contributed by atoms with Crippen LogP contribution in [-0.4, -0.2) is 69.2 Å². The van der Waals surface area contributed by atoms with Crippen molar-refractivity contribution in [2.45, 2.75) is 58.4 Å². The molecule has 1 aromatic heterocycles. The van der Waals surface area contributed by atoms with Crippen LogP contribution in [0.25, 0.3) is 0 Å². The lowest BCUT2D eigenvalue weighted by atomic mass is 9.76. The quantitative estimate of drug-likeness (QED) is 0.809. The maximum atomic E-state index is 12.7. The van der Waals surface area contributed by atoms with Gasteiger partial charge in [0.15, 0.2) is 0 Å². The Hall–Kier alpha value is -1.89. The molecule has 0 aromatic carbocycles. The number of nitrogens with zero attached hydrogens (tertiary/aromatic N) is 3. The SMILES string of the molecule is CCCc1cc(C(=O)N2CCC3(CC2)C[C@H](C(=O)O)N(CCC)C3)n[nH]1. The van der Waals surface area contributed by atoms with Gasteiger partial charge in [-0.05, 0) is 50.1 Å². The third kappa shape index (κ3) is 3.77. The lowest BCUT2D eigenvalue weighted by molar-refractivity contribution is -0.142. The number of carboxylic acid groups (broad SMARTS) is 1. The first-order chi connectivity index (χ1) is 12.5. The van der Waals surface area contributed by atoms with Gasteiger partial charge in [0.05, 0.1) is 0 Å². The number of piperidine rings is 1. The summed E-state index contributed by atoms with van der Waals surface area (Å²) in [5.41, 5.74) is 1.53. The molecule has 3 rings (SSSR count). The van der Waals surface area contributed by atoms with E-state index in [4.69, 9.17) is 0 Å².